The first kappa shape index (κ1) is 18.0. The molecule has 1 aliphatic rings. The van der Waals surface area contributed by atoms with Crippen LogP contribution in [0.25, 0.3) is 0 Å². The van der Waals surface area contributed by atoms with Crippen LogP contribution in [0.3, 0.4) is 0 Å². The molecule has 4 nitrogen and oxygen atoms in total. The predicted molar refractivity (Wildman–Crippen MR) is 95.0 cm³/mol. The topological polar surface area (TPSA) is 41.9 Å². The minimum absolute atomic E-state index is 0.0465. The molecule has 26 heavy (non-hydrogen) atoms. The highest BCUT2D eigenvalue weighted by Gasteiger charge is 2.27. The van der Waals surface area contributed by atoms with Crippen LogP contribution < -0.4 is 0 Å². The summed E-state index contributed by atoms with van der Waals surface area (Å²) in [6, 6.07) is 12.1. The van der Waals surface area contributed by atoms with E-state index < -0.39 is 5.82 Å². The van der Waals surface area contributed by atoms with Crippen LogP contribution in [0.4, 0.5) is 8.78 Å². The number of carbonyl (C=O) groups is 1. The van der Waals surface area contributed by atoms with Gasteiger partial charge in [-0.3, -0.25) is 4.79 Å². The van der Waals surface area contributed by atoms with E-state index >= 15 is 0 Å². The van der Waals surface area contributed by atoms with Crippen molar-refractivity contribution in [2.75, 3.05) is 13.1 Å². The third kappa shape index (κ3) is 4.07. The zero-order valence-corrected chi connectivity index (χ0v) is 14.5. The van der Waals surface area contributed by atoms with Gasteiger partial charge in [0.2, 0.25) is 0 Å². The highest BCUT2D eigenvalue weighted by Crippen LogP contribution is 2.20. The molecule has 0 aliphatic carbocycles. The SMILES string of the molecule is CCCN(C[C@@H]1CC(c2cccc(F)c2)=NO1)C(=O)c1ccccc1F. The number of benzene rings is 2. The molecule has 0 fully saturated rings. The van der Waals surface area contributed by atoms with Gasteiger partial charge < -0.3 is 9.74 Å². The second-order valence-electron chi connectivity index (χ2n) is 6.21. The summed E-state index contributed by atoms with van der Waals surface area (Å²) in [5, 5.41) is 4.03. The van der Waals surface area contributed by atoms with Crippen molar-refractivity contribution in [1.29, 1.82) is 0 Å². The third-order valence-electron chi connectivity index (χ3n) is 4.20. The molecule has 0 radical (unpaired) electrons. The molecule has 2 aromatic carbocycles. The van der Waals surface area contributed by atoms with E-state index in [0.717, 1.165) is 6.42 Å². The van der Waals surface area contributed by atoms with E-state index in [1.54, 1.807) is 29.2 Å². The largest absolute Gasteiger partial charge is 0.390 e. The van der Waals surface area contributed by atoms with Crippen molar-refractivity contribution in [2.45, 2.75) is 25.9 Å². The number of hydrogen-bond donors (Lipinski definition) is 0. The molecule has 0 saturated carbocycles. The fourth-order valence-electron chi connectivity index (χ4n) is 2.96. The summed E-state index contributed by atoms with van der Waals surface area (Å²) < 4.78 is 27.3. The van der Waals surface area contributed by atoms with Gasteiger partial charge in [-0.25, -0.2) is 8.78 Å². The van der Waals surface area contributed by atoms with Gasteiger partial charge in [-0.2, -0.15) is 0 Å². The first-order chi connectivity index (χ1) is 12.6. The molecule has 0 saturated heterocycles. The maximum Gasteiger partial charge on any atom is 0.256 e. The number of carbonyl (C=O) groups excluding carboxylic acids is 1. The summed E-state index contributed by atoms with van der Waals surface area (Å²) in [6.07, 6.45) is 0.870. The fraction of sp³-hybridized carbons (Fsp3) is 0.300. The van der Waals surface area contributed by atoms with Crippen molar-refractivity contribution in [3.8, 4) is 0 Å². The fourth-order valence-corrected chi connectivity index (χ4v) is 2.96. The van der Waals surface area contributed by atoms with Crippen LogP contribution in [0, 0.1) is 11.6 Å². The van der Waals surface area contributed by atoms with E-state index in [-0.39, 0.29) is 23.4 Å². The molecule has 136 valence electrons. The van der Waals surface area contributed by atoms with Crippen molar-refractivity contribution in [3.63, 3.8) is 0 Å². The molecule has 0 N–H and O–H groups in total. The van der Waals surface area contributed by atoms with Crippen molar-refractivity contribution < 1.29 is 18.4 Å². The normalized spacial score (nSPS) is 16.1. The highest BCUT2D eigenvalue weighted by atomic mass is 19.1. The van der Waals surface area contributed by atoms with E-state index in [1.165, 1.54) is 24.3 Å². The first-order valence-corrected chi connectivity index (χ1v) is 8.61. The number of amides is 1. The molecule has 0 spiro atoms. The van der Waals surface area contributed by atoms with Crippen LogP contribution >= 0.6 is 0 Å². The Morgan fingerprint density at radius 3 is 2.77 bits per heavy atom. The number of hydrogen-bond acceptors (Lipinski definition) is 3. The Kier molecular flexibility index (Phi) is 5.61. The molecular weight excluding hydrogens is 338 g/mol. The molecule has 6 heteroatoms. The summed E-state index contributed by atoms with van der Waals surface area (Å²) in [7, 11) is 0. The second-order valence-corrected chi connectivity index (χ2v) is 6.21. The average molecular weight is 358 g/mol. The van der Waals surface area contributed by atoms with Crippen LogP contribution in [-0.2, 0) is 4.84 Å². The van der Waals surface area contributed by atoms with Gasteiger partial charge in [-0.1, -0.05) is 36.3 Å². The van der Waals surface area contributed by atoms with Crippen LogP contribution in [0.1, 0.15) is 35.7 Å². The van der Waals surface area contributed by atoms with E-state index in [2.05, 4.69) is 5.16 Å². The number of halogens is 2. The molecular formula is C20H20F2N2O2. The van der Waals surface area contributed by atoms with Crippen molar-refractivity contribution >= 4 is 11.6 Å². The molecule has 3 rings (SSSR count). The van der Waals surface area contributed by atoms with Gasteiger partial charge in [0, 0.05) is 18.5 Å². The quantitative estimate of drug-likeness (QED) is 0.783. The van der Waals surface area contributed by atoms with Crippen LogP contribution in [0.5, 0.6) is 0 Å². The molecule has 0 aromatic heterocycles. The molecule has 2 aromatic rings. The molecule has 0 unspecified atom stereocenters. The van der Waals surface area contributed by atoms with Gasteiger partial charge >= 0.3 is 0 Å². The Hall–Kier alpha value is -2.76. The van der Waals surface area contributed by atoms with Gasteiger partial charge in [0.25, 0.3) is 5.91 Å². The second kappa shape index (κ2) is 8.08. The zero-order chi connectivity index (χ0) is 18.5. The number of oxime groups is 1. The lowest BCUT2D eigenvalue weighted by Crippen LogP contribution is -2.38. The standard InChI is InChI=1S/C20H20F2N2O2/c1-2-10-24(20(25)17-8-3-4-9-18(17)22)13-16-12-19(23-26-16)14-6-5-7-15(21)11-14/h3-9,11,16H,2,10,12-13H2,1H3/t16-/m0/s1. The Morgan fingerprint density at radius 1 is 1.23 bits per heavy atom. The van der Waals surface area contributed by atoms with Crippen LogP contribution in [0.2, 0.25) is 0 Å². The van der Waals surface area contributed by atoms with Gasteiger partial charge in [-0.05, 0) is 30.7 Å². The van der Waals surface area contributed by atoms with E-state index in [9.17, 15) is 13.6 Å². The van der Waals surface area contributed by atoms with E-state index in [4.69, 9.17) is 4.84 Å². The Labute approximate surface area is 151 Å². The number of nitrogens with zero attached hydrogens (tertiary/aromatic N) is 2. The maximum atomic E-state index is 13.9. The maximum absolute atomic E-state index is 13.9. The first-order valence-electron chi connectivity index (χ1n) is 8.61. The van der Waals surface area contributed by atoms with Gasteiger partial charge in [0.05, 0.1) is 17.8 Å². The van der Waals surface area contributed by atoms with Gasteiger partial charge in [0.1, 0.15) is 11.6 Å². The zero-order valence-electron chi connectivity index (χ0n) is 14.5. The summed E-state index contributed by atoms with van der Waals surface area (Å²) in [4.78, 5) is 19.7. The van der Waals surface area contributed by atoms with E-state index in [1.807, 2.05) is 6.92 Å². The number of rotatable bonds is 6. The van der Waals surface area contributed by atoms with Crippen molar-refractivity contribution in [3.05, 3.63) is 71.3 Å². The van der Waals surface area contributed by atoms with Crippen molar-refractivity contribution in [2.24, 2.45) is 5.16 Å². The molecule has 1 heterocycles. The molecule has 1 aliphatic heterocycles. The Morgan fingerprint density at radius 2 is 2.04 bits per heavy atom. The monoisotopic (exact) mass is 358 g/mol. The highest BCUT2D eigenvalue weighted by molar-refractivity contribution is 6.01. The van der Waals surface area contributed by atoms with Gasteiger partial charge in [0.15, 0.2) is 6.10 Å². The Bertz CT molecular complexity index is 823. The Balaban J connectivity index is 1.68. The van der Waals surface area contributed by atoms with Gasteiger partial charge in [-0.15, -0.1) is 0 Å². The summed E-state index contributed by atoms with van der Waals surface area (Å²) in [5.41, 5.74) is 1.35. The average Bonchev–Trinajstić information content (AvgIpc) is 3.10. The summed E-state index contributed by atoms with van der Waals surface area (Å²) >= 11 is 0. The van der Waals surface area contributed by atoms with Crippen LogP contribution in [0.15, 0.2) is 53.7 Å². The third-order valence-corrected chi connectivity index (χ3v) is 4.20. The summed E-state index contributed by atoms with van der Waals surface area (Å²) in [6.45, 7) is 2.73. The van der Waals surface area contributed by atoms with Crippen LogP contribution in [-0.4, -0.2) is 35.7 Å². The van der Waals surface area contributed by atoms with Crippen molar-refractivity contribution in [1.82, 2.24) is 4.90 Å². The smallest absolute Gasteiger partial charge is 0.256 e. The lowest BCUT2D eigenvalue weighted by atomic mass is 10.0. The minimum atomic E-state index is -0.539. The summed E-state index contributed by atoms with van der Waals surface area (Å²) in [5.74, 6) is -1.24. The minimum Gasteiger partial charge on any atom is -0.390 e. The molecule has 1 amide bonds. The lowest BCUT2D eigenvalue weighted by Gasteiger charge is -2.24. The van der Waals surface area contributed by atoms with E-state index in [0.29, 0.717) is 30.8 Å². The lowest BCUT2D eigenvalue weighted by molar-refractivity contribution is 0.0421. The molecule has 0 bridgehead atoms. The predicted octanol–water partition coefficient (Wildman–Crippen LogP) is 4.01. The molecule has 1 atom stereocenters.